The highest BCUT2D eigenvalue weighted by atomic mass is 16.5. The van der Waals surface area contributed by atoms with Crippen LogP contribution in [0.1, 0.15) is 79.1 Å². The first-order valence-corrected chi connectivity index (χ1v) is 9.24. The van der Waals surface area contributed by atoms with Crippen molar-refractivity contribution in [3.8, 4) is 0 Å². The summed E-state index contributed by atoms with van der Waals surface area (Å²) < 4.78 is 5.98. The molecule has 3 fully saturated rings. The van der Waals surface area contributed by atoms with Crippen LogP contribution < -0.4 is 0 Å². The summed E-state index contributed by atoms with van der Waals surface area (Å²) >= 11 is 0. The number of hydrogen-bond donors (Lipinski definition) is 0. The minimum absolute atomic E-state index is 0.0693. The third kappa shape index (κ3) is 2.53. The maximum absolute atomic E-state index is 12.5. The fraction of sp³-hybridized carbons (Fsp3) is 0.850. The zero-order valence-electron chi connectivity index (χ0n) is 14.8. The van der Waals surface area contributed by atoms with Crippen LogP contribution in [0.4, 0.5) is 0 Å². The molecule has 0 saturated heterocycles. The second kappa shape index (κ2) is 5.69. The number of ether oxygens (including phenoxy) is 1. The van der Waals surface area contributed by atoms with Gasteiger partial charge in [0.15, 0.2) is 0 Å². The van der Waals surface area contributed by atoms with Crippen LogP contribution in [0.3, 0.4) is 0 Å². The van der Waals surface area contributed by atoms with Gasteiger partial charge in [0.25, 0.3) is 0 Å². The highest BCUT2D eigenvalue weighted by Crippen LogP contribution is 2.66. The first-order valence-electron chi connectivity index (χ1n) is 9.24. The molecule has 2 bridgehead atoms. The van der Waals surface area contributed by atoms with Crippen LogP contribution in [-0.2, 0) is 9.53 Å². The molecule has 3 aliphatic rings. The van der Waals surface area contributed by atoms with Crippen LogP contribution in [0.15, 0.2) is 11.6 Å². The van der Waals surface area contributed by atoms with E-state index in [4.69, 9.17) is 4.74 Å². The standard InChI is InChI=1S/C20H32O2/c1-14(12-15-8-6-5-7-9-15)18(21)22-17-13-16-10-11-20(17,4)19(16,2)3/h12,15-17H,5-11,13H2,1-4H3/b14-12+. The number of esters is 1. The van der Waals surface area contributed by atoms with E-state index >= 15 is 0 Å². The molecule has 3 aliphatic carbocycles. The quantitative estimate of drug-likeness (QED) is 0.524. The predicted octanol–water partition coefficient (Wildman–Crippen LogP) is 5.27. The van der Waals surface area contributed by atoms with E-state index in [2.05, 4.69) is 26.8 Å². The highest BCUT2D eigenvalue weighted by molar-refractivity contribution is 5.88. The van der Waals surface area contributed by atoms with Crippen molar-refractivity contribution >= 4 is 5.97 Å². The Morgan fingerprint density at radius 1 is 1.09 bits per heavy atom. The van der Waals surface area contributed by atoms with Crippen LogP contribution in [0.25, 0.3) is 0 Å². The van der Waals surface area contributed by atoms with Crippen LogP contribution in [0, 0.1) is 22.7 Å². The second-order valence-corrected chi connectivity index (χ2v) is 8.75. The molecule has 0 heterocycles. The Balaban J connectivity index is 1.64. The van der Waals surface area contributed by atoms with Crippen LogP contribution in [0.2, 0.25) is 0 Å². The van der Waals surface area contributed by atoms with E-state index in [-0.39, 0.29) is 17.5 Å². The molecule has 0 aliphatic heterocycles. The van der Waals surface area contributed by atoms with Gasteiger partial charge in [0.1, 0.15) is 6.10 Å². The summed E-state index contributed by atoms with van der Waals surface area (Å²) in [6.45, 7) is 9.00. The first kappa shape index (κ1) is 16.1. The van der Waals surface area contributed by atoms with Crippen molar-refractivity contribution in [2.75, 3.05) is 0 Å². The van der Waals surface area contributed by atoms with E-state index in [0.717, 1.165) is 17.9 Å². The summed E-state index contributed by atoms with van der Waals surface area (Å²) in [6, 6.07) is 0. The summed E-state index contributed by atoms with van der Waals surface area (Å²) in [5.41, 5.74) is 1.30. The lowest BCUT2D eigenvalue weighted by atomic mass is 9.70. The average molecular weight is 304 g/mol. The van der Waals surface area contributed by atoms with Crippen molar-refractivity contribution in [1.82, 2.24) is 0 Å². The van der Waals surface area contributed by atoms with Crippen LogP contribution in [-0.4, -0.2) is 12.1 Å². The lowest BCUT2D eigenvalue weighted by Gasteiger charge is -2.38. The molecule has 3 atom stereocenters. The van der Waals surface area contributed by atoms with Crippen LogP contribution in [0.5, 0.6) is 0 Å². The van der Waals surface area contributed by atoms with Gasteiger partial charge in [0, 0.05) is 11.0 Å². The predicted molar refractivity (Wildman–Crippen MR) is 89.4 cm³/mol. The van der Waals surface area contributed by atoms with Crippen molar-refractivity contribution in [3.63, 3.8) is 0 Å². The number of carbonyl (C=O) groups is 1. The van der Waals surface area contributed by atoms with E-state index in [9.17, 15) is 4.79 Å². The molecule has 0 radical (unpaired) electrons. The summed E-state index contributed by atoms with van der Waals surface area (Å²) in [6.07, 6.45) is 12.3. The van der Waals surface area contributed by atoms with Gasteiger partial charge in [-0.15, -0.1) is 0 Å². The monoisotopic (exact) mass is 304 g/mol. The highest BCUT2D eigenvalue weighted by Gasteiger charge is 2.62. The molecule has 3 rings (SSSR count). The lowest BCUT2D eigenvalue weighted by molar-refractivity contribution is -0.152. The molecule has 3 unspecified atom stereocenters. The van der Waals surface area contributed by atoms with Gasteiger partial charge in [0.2, 0.25) is 0 Å². The van der Waals surface area contributed by atoms with Crippen molar-refractivity contribution in [2.24, 2.45) is 22.7 Å². The third-order valence-electron chi connectivity index (χ3n) is 7.42. The maximum Gasteiger partial charge on any atom is 0.333 e. The molecule has 2 nitrogen and oxygen atoms in total. The van der Waals surface area contributed by atoms with E-state index in [1.807, 2.05) is 6.92 Å². The van der Waals surface area contributed by atoms with Gasteiger partial charge in [-0.05, 0) is 56.3 Å². The summed E-state index contributed by atoms with van der Waals surface area (Å²) in [5.74, 6) is 1.24. The molecule has 0 spiro atoms. The van der Waals surface area contributed by atoms with Crippen molar-refractivity contribution in [1.29, 1.82) is 0 Å². The Morgan fingerprint density at radius 2 is 1.77 bits per heavy atom. The first-order chi connectivity index (χ1) is 10.3. The fourth-order valence-corrected chi connectivity index (χ4v) is 5.25. The minimum atomic E-state index is -0.0693. The average Bonchev–Trinajstić information content (AvgIpc) is 2.81. The largest absolute Gasteiger partial charge is 0.458 e. The van der Waals surface area contributed by atoms with Gasteiger partial charge in [-0.3, -0.25) is 0 Å². The van der Waals surface area contributed by atoms with E-state index in [1.54, 1.807) is 0 Å². The zero-order valence-corrected chi connectivity index (χ0v) is 14.8. The molecule has 0 aromatic carbocycles. The summed E-state index contributed by atoms with van der Waals surface area (Å²) in [4.78, 5) is 12.5. The molecular formula is C20H32O2. The topological polar surface area (TPSA) is 26.3 Å². The van der Waals surface area contributed by atoms with E-state index in [1.165, 1.54) is 44.9 Å². The Hall–Kier alpha value is -0.790. The SMILES string of the molecule is C/C(=C\C1CCCCC1)C(=O)OC1CC2CCC1(C)C2(C)C. The van der Waals surface area contributed by atoms with E-state index < -0.39 is 0 Å². The minimum Gasteiger partial charge on any atom is -0.458 e. The van der Waals surface area contributed by atoms with Gasteiger partial charge >= 0.3 is 5.97 Å². The molecule has 2 heteroatoms. The van der Waals surface area contributed by atoms with Crippen molar-refractivity contribution in [2.45, 2.75) is 85.2 Å². The third-order valence-corrected chi connectivity index (χ3v) is 7.42. The van der Waals surface area contributed by atoms with Gasteiger partial charge < -0.3 is 4.74 Å². The fourth-order valence-electron chi connectivity index (χ4n) is 5.25. The number of fused-ring (bicyclic) bond motifs is 2. The van der Waals surface area contributed by atoms with Crippen molar-refractivity contribution in [3.05, 3.63) is 11.6 Å². The molecule has 0 aromatic rings. The van der Waals surface area contributed by atoms with Crippen LogP contribution >= 0.6 is 0 Å². The normalized spacial score (nSPS) is 38.3. The zero-order chi connectivity index (χ0) is 16.0. The molecule has 0 aromatic heterocycles. The van der Waals surface area contributed by atoms with E-state index in [0.29, 0.717) is 11.3 Å². The number of hydrogen-bond acceptors (Lipinski definition) is 2. The van der Waals surface area contributed by atoms with Gasteiger partial charge in [0.05, 0.1) is 0 Å². The lowest BCUT2D eigenvalue weighted by Crippen LogP contribution is -2.38. The molecular weight excluding hydrogens is 272 g/mol. The Labute approximate surface area is 135 Å². The van der Waals surface area contributed by atoms with Gasteiger partial charge in [-0.25, -0.2) is 4.79 Å². The smallest absolute Gasteiger partial charge is 0.333 e. The molecule has 22 heavy (non-hydrogen) atoms. The maximum atomic E-state index is 12.5. The number of carbonyl (C=O) groups excluding carboxylic acids is 1. The molecule has 0 amide bonds. The second-order valence-electron chi connectivity index (χ2n) is 8.75. The van der Waals surface area contributed by atoms with Crippen molar-refractivity contribution < 1.29 is 9.53 Å². The molecule has 124 valence electrons. The Kier molecular flexibility index (Phi) is 4.16. The Morgan fingerprint density at radius 3 is 2.32 bits per heavy atom. The molecule has 0 N–H and O–H groups in total. The molecule has 3 saturated carbocycles. The summed E-state index contributed by atoms with van der Waals surface area (Å²) in [7, 11) is 0. The van der Waals surface area contributed by atoms with Gasteiger partial charge in [-0.2, -0.15) is 0 Å². The number of rotatable bonds is 3. The Bertz CT molecular complexity index is 470. The van der Waals surface area contributed by atoms with Gasteiger partial charge in [-0.1, -0.05) is 46.1 Å². The summed E-state index contributed by atoms with van der Waals surface area (Å²) in [5, 5.41) is 0. The number of allylic oxidation sites excluding steroid dienone is 1.